The van der Waals surface area contributed by atoms with Gasteiger partial charge in [-0.1, -0.05) is 35.9 Å². The second-order valence-electron chi connectivity index (χ2n) is 6.96. The molecule has 0 saturated heterocycles. The zero-order valence-corrected chi connectivity index (χ0v) is 16.9. The van der Waals surface area contributed by atoms with Crippen LogP contribution in [0.5, 0.6) is 0 Å². The number of hydrogen-bond donors (Lipinski definition) is 3. The molecular formula is C21H22N6OS. The molecule has 1 amide bonds. The van der Waals surface area contributed by atoms with Crippen LogP contribution in [0.1, 0.15) is 17.8 Å². The van der Waals surface area contributed by atoms with Crippen LogP contribution in [0.3, 0.4) is 0 Å². The fraction of sp³-hybridized carbons (Fsp3) is 0.238. The highest BCUT2D eigenvalue weighted by atomic mass is 32.1. The number of aryl methyl sites for hydroxylation is 2. The Hall–Kier alpha value is -3.26. The fourth-order valence-corrected chi connectivity index (χ4v) is 3.47. The summed E-state index contributed by atoms with van der Waals surface area (Å²) in [5.41, 5.74) is 4.04. The van der Waals surface area contributed by atoms with Crippen molar-refractivity contribution in [2.24, 2.45) is 0 Å². The van der Waals surface area contributed by atoms with E-state index in [4.69, 9.17) is 12.2 Å². The Morgan fingerprint density at radius 3 is 2.90 bits per heavy atom. The molecule has 3 N–H and O–H groups in total. The predicted octanol–water partition coefficient (Wildman–Crippen LogP) is 3.54. The minimum Gasteiger partial charge on any atom is -0.355 e. The number of carbonyl (C=O) groups excluding carboxylic acids is 1. The summed E-state index contributed by atoms with van der Waals surface area (Å²) in [6.45, 7) is 2.72. The molecule has 0 aliphatic heterocycles. The standard InChI is InChI=1S/C21H22N6OS/c1-14-6-4-7-15(12-14)20-25-26-21(29)27(20)13-19(28)22-11-5-10-18-23-16-8-2-3-9-17(16)24-18/h2-4,6-9,12H,5,10-11,13H2,1H3,(H,22,28)(H,23,24)(H,26,29). The maximum absolute atomic E-state index is 12.4. The van der Waals surface area contributed by atoms with E-state index in [9.17, 15) is 4.79 Å². The minimum atomic E-state index is -0.0963. The SMILES string of the molecule is Cc1cccc(-c2n[nH]c(=S)n2CC(=O)NCCCc2nc3ccccc3[nH]2)c1. The number of aromatic amines is 2. The monoisotopic (exact) mass is 406 g/mol. The van der Waals surface area contributed by atoms with Gasteiger partial charge >= 0.3 is 0 Å². The smallest absolute Gasteiger partial charge is 0.240 e. The molecule has 0 aliphatic rings. The summed E-state index contributed by atoms with van der Waals surface area (Å²) in [6, 6.07) is 15.9. The first kappa shape index (κ1) is 19.1. The Balaban J connectivity index is 1.33. The molecule has 2 aromatic heterocycles. The summed E-state index contributed by atoms with van der Waals surface area (Å²) in [6.07, 6.45) is 1.57. The Labute approximate surface area is 173 Å². The second-order valence-corrected chi connectivity index (χ2v) is 7.35. The van der Waals surface area contributed by atoms with Gasteiger partial charge in [0.1, 0.15) is 12.4 Å². The highest BCUT2D eigenvalue weighted by Gasteiger charge is 2.12. The van der Waals surface area contributed by atoms with E-state index in [1.807, 2.05) is 55.5 Å². The van der Waals surface area contributed by atoms with E-state index in [1.165, 1.54) is 0 Å². The number of nitrogens with one attached hydrogen (secondary N) is 3. The number of fused-ring (bicyclic) bond motifs is 1. The van der Waals surface area contributed by atoms with E-state index in [-0.39, 0.29) is 12.5 Å². The molecular weight excluding hydrogens is 384 g/mol. The first-order chi connectivity index (χ1) is 14.1. The number of H-pyrrole nitrogens is 2. The van der Waals surface area contributed by atoms with Crippen LogP contribution in [-0.2, 0) is 17.8 Å². The Kier molecular flexibility index (Phi) is 5.53. The van der Waals surface area contributed by atoms with Gasteiger partial charge in [-0.25, -0.2) is 4.98 Å². The first-order valence-electron chi connectivity index (χ1n) is 9.53. The number of aromatic nitrogens is 5. The van der Waals surface area contributed by atoms with Gasteiger partial charge in [0.05, 0.1) is 11.0 Å². The van der Waals surface area contributed by atoms with Crippen molar-refractivity contribution in [1.82, 2.24) is 30.0 Å². The Bertz CT molecular complexity index is 1170. The van der Waals surface area contributed by atoms with Crippen molar-refractivity contribution in [3.05, 3.63) is 64.7 Å². The van der Waals surface area contributed by atoms with E-state index in [2.05, 4.69) is 25.5 Å². The highest BCUT2D eigenvalue weighted by Crippen LogP contribution is 2.18. The predicted molar refractivity (Wildman–Crippen MR) is 115 cm³/mol. The van der Waals surface area contributed by atoms with Crippen molar-refractivity contribution in [2.75, 3.05) is 6.54 Å². The van der Waals surface area contributed by atoms with Crippen LogP contribution in [0.15, 0.2) is 48.5 Å². The van der Waals surface area contributed by atoms with Gasteiger partial charge in [-0.3, -0.25) is 14.5 Å². The molecule has 2 aromatic carbocycles. The van der Waals surface area contributed by atoms with E-state index in [0.29, 0.717) is 17.1 Å². The van der Waals surface area contributed by atoms with Gasteiger partial charge in [0, 0.05) is 18.5 Å². The lowest BCUT2D eigenvalue weighted by atomic mass is 10.1. The highest BCUT2D eigenvalue weighted by molar-refractivity contribution is 7.71. The summed E-state index contributed by atoms with van der Waals surface area (Å²) in [5.74, 6) is 1.50. The molecule has 4 rings (SSSR count). The number of para-hydroxylation sites is 2. The van der Waals surface area contributed by atoms with Gasteiger partial charge < -0.3 is 10.3 Å². The fourth-order valence-electron chi connectivity index (χ4n) is 3.28. The normalized spacial score (nSPS) is 11.1. The second kappa shape index (κ2) is 8.40. The molecule has 0 unspecified atom stereocenters. The van der Waals surface area contributed by atoms with Crippen LogP contribution in [-0.4, -0.2) is 37.2 Å². The zero-order chi connectivity index (χ0) is 20.2. The molecule has 4 aromatic rings. The summed E-state index contributed by atoms with van der Waals surface area (Å²) in [5, 5.41) is 10.0. The Morgan fingerprint density at radius 2 is 2.07 bits per heavy atom. The maximum atomic E-state index is 12.4. The molecule has 0 atom stereocenters. The summed E-state index contributed by atoms with van der Waals surface area (Å²) < 4.78 is 2.15. The molecule has 7 nitrogen and oxygen atoms in total. The molecule has 29 heavy (non-hydrogen) atoms. The average Bonchev–Trinajstić information content (AvgIpc) is 3.29. The van der Waals surface area contributed by atoms with Crippen molar-refractivity contribution in [1.29, 1.82) is 0 Å². The van der Waals surface area contributed by atoms with E-state index < -0.39 is 0 Å². The van der Waals surface area contributed by atoms with Gasteiger partial charge in [-0.2, -0.15) is 5.10 Å². The average molecular weight is 407 g/mol. The number of benzene rings is 2. The molecule has 0 saturated carbocycles. The van der Waals surface area contributed by atoms with Crippen molar-refractivity contribution in [3.63, 3.8) is 0 Å². The molecule has 0 radical (unpaired) electrons. The summed E-state index contributed by atoms with van der Waals surface area (Å²) >= 11 is 5.31. The number of rotatable bonds is 7. The lowest BCUT2D eigenvalue weighted by Crippen LogP contribution is -2.29. The van der Waals surface area contributed by atoms with Crippen LogP contribution in [0.25, 0.3) is 22.4 Å². The molecule has 0 bridgehead atoms. The summed E-state index contributed by atoms with van der Waals surface area (Å²) in [4.78, 5) is 20.3. The van der Waals surface area contributed by atoms with Crippen molar-refractivity contribution >= 4 is 29.2 Å². The third-order valence-electron chi connectivity index (χ3n) is 4.69. The number of imidazole rings is 1. The quantitative estimate of drug-likeness (QED) is 0.323. The topological polar surface area (TPSA) is 91.4 Å². The number of carbonyl (C=O) groups is 1. The molecule has 0 spiro atoms. The molecule has 2 heterocycles. The zero-order valence-electron chi connectivity index (χ0n) is 16.1. The lowest BCUT2D eigenvalue weighted by Gasteiger charge is -2.08. The van der Waals surface area contributed by atoms with Crippen LogP contribution >= 0.6 is 12.2 Å². The number of hydrogen-bond acceptors (Lipinski definition) is 4. The molecule has 148 valence electrons. The van der Waals surface area contributed by atoms with Crippen LogP contribution in [0.4, 0.5) is 0 Å². The summed E-state index contributed by atoms with van der Waals surface area (Å²) in [7, 11) is 0. The molecule has 0 fully saturated rings. The minimum absolute atomic E-state index is 0.0963. The van der Waals surface area contributed by atoms with Crippen molar-refractivity contribution < 1.29 is 4.79 Å². The van der Waals surface area contributed by atoms with E-state index in [0.717, 1.165) is 40.8 Å². The van der Waals surface area contributed by atoms with Crippen molar-refractivity contribution in [2.45, 2.75) is 26.3 Å². The third kappa shape index (κ3) is 4.43. The van der Waals surface area contributed by atoms with Crippen molar-refractivity contribution in [3.8, 4) is 11.4 Å². The third-order valence-corrected chi connectivity index (χ3v) is 5.00. The van der Waals surface area contributed by atoms with Gasteiger partial charge in [-0.05, 0) is 43.8 Å². The lowest BCUT2D eigenvalue weighted by molar-refractivity contribution is -0.121. The van der Waals surface area contributed by atoms with Gasteiger partial charge in [0.15, 0.2) is 10.6 Å². The van der Waals surface area contributed by atoms with E-state index in [1.54, 1.807) is 4.57 Å². The Morgan fingerprint density at radius 1 is 1.21 bits per heavy atom. The maximum Gasteiger partial charge on any atom is 0.240 e. The first-order valence-corrected chi connectivity index (χ1v) is 9.93. The molecule has 8 heteroatoms. The van der Waals surface area contributed by atoms with Crippen LogP contribution in [0.2, 0.25) is 0 Å². The number of amides is 1. The van der Waals surface area contributed by atoms with Gasteiger partial charge in [0.25, 0.3) is 0 Å². The number of nitrogens with zero attached hydrogens (tertiary/aromatic N) is 3. The van der Waals surface area contributed by atoms with Crippen LogP contribution < -0.4 is 5.32 Å². The molecule has 0 aliphatic carbocycles. The van der Waals surface area contributed by atoms with Gasteiger partial charge in [-0.15, -0.1) is 0 Å². The van der Waals surface area contributed by atoms with Gasteiger partial charge in [0.2, 0.25) is 5.91 Å². The van der Waals surface area contributed by atoms with E-state index >= 15 is 0 Å². The largest absolute Gasteiger partial charge is 0.355 e. The van der Waals surface area contributed by atoms with Crippen LogP contribution in [0, 0.1) is 11.7 Å².